The smallest absolute Gasteiger partial charge is 0.247 e. The zero-order chi connectivity index (χ0) is 31.2. The molecule has 0 spiro atoms. The van der Waals surface area contributed by atoms with Crippen LogP contribution in [0.4, 0.5) is 8.78 Å². The minimum atomic E-state index is -1.05. The van der Waals surface area contributed by atoms with E-state index in [1.54, 1.807) is 13.1 Å². The normalized spacial score (nSPS) is 20.4. The molecular weight excluding hydrogens is 548 g/mol. The van der Waals surface area contributed by atoms with Gasteiger partial charge in [0, 0.05) is 30.8 Å². The van der Waals surface area contributed by atoms with E-state index in [4.69, 9.17) is 0 Å². The Labute approximate surface area is 254 Å². The molecule has 8 heteroatoms. The fraction of sp³-hybridized carbons (Fsp3) is 0.486. The summed E-state index contributed by atoms with van der Waals surface area (Å²) in [6.07, 6.45) is 8.03. The number of hydrogen-bond donors (Lipinski definition) is 4. The largest absolute Gasteiger partial charge is 0.390 e. The van der Waals surface area contributed by atoms with Gasteiger partial charge in [-0.1, -0.05) is 68.7 Å². The van der Waals surface area contributed by atoms with Crippen molar-refractivity contribution in [3.05, 3.63) is 94.1 Å². The molecule has 0 aliphatic heterocycles. The van der Waals surface area contributed by atoms with Crippen molar-refractivity contribution in [2.75, 3.05) is 13.6 Å². The minimum Gasteiger partial charge on any atom is -0.390 e. The van der Waals surface area contributed by atoms with Crippen LogP contribution in [0.5, 0.6) is 0 Å². The van der Waals surface area contributed by atoms with E-state index in [-0.39, 0.29) is 30.8 Å². The molecule has 2 aliphatic rings. The molecular formula is C35H45F2N3O3. The Hall–Kier alpha value is -3.36. The van der Waals surface area contributed by atoms with Gasteiger partial charge in [-0.25, -0.2) is 8.78 Å². The van der Waals surface area contributed by atoms with E-state index >= 15 is 0 Å². The predicted molar refractivity (Wildman–Crippen MR) is 165 cm³/mol. The van der Waals surface area contributed by atoms with Crippen molar-refractivity contribution in [2.45, 2.75) is 89.8 Å². The van der Waals surface area contributed by atoms with E-state index in [1.165, 1.54) is 23.3 Å². The maximum Gasteiger partial charge on any atom is 0.247 e. The van der Waals surface area contributed by atoms with E-state index in [2.05, 4.69) is 48.0 Å². The van der Waals surface area contributed by atoms with E-state index in [0.29, 0.717) is 17.6 Å². The summed E-state index contributed by atoms with van der Waals surface area (Å²) < 4.78 is 28.2. The van der Waals surface area contributed by atoms with Gasteiger partial charge in [-0.15, -0.1) is 0 Å². The second-order valence-corrected chi connectivity index (χ2v) is 12.2. The fourth-order valence-corrected chi connectivity index (χ4v) is 6.25. The van der Waals surface area contributed by atoms with Crippen LogP contribution in [-0.2, 0) is 28.0 Å². The zero-order valence-corrected chi connectivity index (χ0v) is 25.7. The monoisotopic (exact) mass is 593 g/mol. The van der Waals surface area contributed by atoms with E-state index < -0.39 is 35.1 Å². The number of aryl methyl sites for hydroxylation is 1. The number of rotatable bonds is 14. The van der Waals surface area contributed by atoms with E-state index in [9.17, 15) is 23.5 Å². The van der Waals surface area contributed by atoms with Gasteiger partial charge in [-0.2, -0.15) is 0 Å². The van der Waals surface area contributed by atoms with Crippen LogP contribution >= 0.6 is 0 Å². The number of nitrogens with one attached hydrogen (secondary N) is 3. The maximum atomic E-state index is 14.1. The summed E-state index contributed by atoms with van der Waals surface area (Å²) in [7, 11) is 1.60. The van der Waals surface area contributed by atoms with Crippen LogP contribution in [0.25, 0.3) is 0 Å². The molecule has 2 amide bonds. The Bertz CT molecular complexity index is 1360. The van der Waals surface area contributed by atoms with Crippen molar-refractivity contribution in [1.82, 2.24) is 16.0 Å². The number of benzene rings is 2. The second-order valence-electron chi connectivity index (χ2n) is 12.2. The van der Waals surface area contributed by atoms with E-state index in [1.807, 2.05) is 19.1 Å². The highest BCUT2D eigenvalue weighted by Gasteiger charge is 2.45. The molecule has 6 nitrogen and oxygen atoms in total. The van der Waals surface area contributed by atoms with E-state index in [0.717, 1.165) is 43.7 Å². The molecule has 0 radical (unpaired) electrons. The van der Waals surface area contributed by atoms with Crippen LogP contribution in [0.3, 0.4) is 0 Å². The Morgan fingerprint density at radius 2 is 1.77 bits per heavy atom. The van der Waals surface area contributed by atoms with Gasteiger partial charge < -0.3 is 21.1 Å². The number of carbonyl (C=O) groups is 2. The van der Waals surface area contributed by atoms with Crippen LogP contribution in [0.15, 0.2) is 65.8 Å². The summed E-state index contributed by atoms with van der Waals surface area (Å²) in [5.41, 5.74) is 2.89. The van der Waals surface area contributed by atoms with Gasteiger partial charge in [-0.3, -0.25) is 9.59 Å². The molecule has 0 saturated heterocycles. The first kappa shape index (κ1) is 32.6. The molecule has 4 N–H and O–H groups in total. The van der Waals surface area contributed by atoms with Gasteiger partial charge in [0.15, 0.2) is 0 Å². The summed E-state index contributed by atoms with van der Waals surface area (Å²) in [6.45, 7) is 6.21. The summed E-state index contributed by atoms with van der Waals surface area (Å²) >= 11 is 0. The van der Waals surface area contributed by atoms with Crippen molar-refractivity contribution < 1.29 is 23.5 Å². The number of hydrogen-bond acceptors (Lipinski definition) is 4. The summed E-state index contributed by atoms with van der Waals surface area (Å²) in [4.78, 5) is 26.8. The van der Waals surface area contributed by atoms with Crippen LogP contribution in [0.2, 0.25) is 0 Å². The number of halogens is 2. The molecule has 1 unspecified atom stereocenters. The highest BCUT2D eigenvalue weighted by atomic mass is 19.1. The first-order chi connectivity index (χ1) is 20.5. The fourth-order valence-electron chi connectivity index (χ4n) is 6.25. The quantitative estimate of drug-likeness (QED) is 0.236. The molecule has 2 aromatic rings. The number of aliphatic hydroxyl groups is 1. The molecule has 232 valence electrons. The van der Waals surface area contributed by atoms with Crippen LogP contribution in [0, 0.1) is 17.0 Å². The lowest BCUT2D eigenvalue weighted by Crippen LogP contribution is -2.51. The molecule has 0 bridgehead atoms. The van der Waals surface area contributed by atoms with Crippen LogP contribution < -0.4 is 16.0 Å². The maximum absolute atomic E-state index is 14.1. The lowest BCUT2D eigenvalue weighted by molar-refractivity contribution is -0.128. The van der Waals surface area contributed by atoms with Crippen molar-refractivity contribution >= 4 is 11.8 Å². The van der Waals surface area contributed by atoms with Gasteiger partial charge in [0.2, 0.25) is 11.8 Å². The third-order valence-corrected chi connectivity index (χ3v) is 8.81. The number of aliphatic hydroxyl groups excluding tert-OH is 1. The molecule has 0 heterocycles. The van der Waals surface area contributed by atoms with Crippen molar-refractivity contribution in [3.63, 3.8) is 0 Å². The van der Waals surface area contributed by atoms with Crippen molar-refractivity contribution in [1.29, 1.82) is 0 Å². The Balaban J connectivity index is 1.55. The first-order valence-corrected chi connectivity index (χ1v) is 15.4. The third kappa shape index (κ3) is 7.98. The molecule has 3 atom stereocenters. The molecule has 43 heavy (non-hydrogen) atoms. The second kappa shape index (κ2) is 14.0. The zero-order valence-electron chi connectivity index (χ0n) is 25.7. The van der Waals surface area contributed by atoms with Crippen molar-refractivity contribution in [2.24, 2.45) is 5.41 Å². The number of unbranched alkanes of at least 4 members (excludes halogenated alkanes) is 1. The summed E-state index contributed by atoms with van der Waals surface area (Å²) in [6, 6.07) is 10.8. The molecule has 1 saturated carbocycles. The predicted octanol–water partition coefficient (Wildman–Crippen LogP) is 5.39. The average Bonchev–Trinajstić information content (AvgIpc) is 3.78. The highest BCUT2D eigenvalue weighted by Crippen LogP contribution is 2.45. The third-order valence-electron chi connectivity index (χ3n) is 8.81. The van der Waals surface area contributed by atoms with Crippen molar-refractivity contribution in [3.8, 4) is 0 Å². The first-order valence-electron chi connectivity index (χ1n) is 15.4. The topological polar surface area (TPSA) is 90.5 Å². The SMILES string of the molecule is CCCCC1(C(=O)NC)C=C(C)C=C(C(=O)N[C@@H](Cc2cc(F)cc(F)c2)[C@H](O)CNC2(c3cccc(CC)c3)CC2)C1. The average molecular weight is 594 g/mol. The summed E-state index contributed by atoms with van der Waals surface area (Å²) in [5.74, 6) is -1.99. The molecule has 1 fully saturated rings. The number of carbonyl (C=O) groups excluding carboxylic acids is 2. The molecule has 2 aliphatic carbocycles. The van der Waals surface area contributed by atoms with Gasteiger partial charge in [-0.05, 0) is 74.3 Å². The highest BCUT2D eigenvalue weighted by molar-refractivity contribution is 5.97. The van der Waals surface area contributed by atoms with Gasteiger partial charge >= 0.3 is 0 Å². The molecule has 2 aromatic carbocycles. The van der Waals surface area contributed by atoms with Gasteiger partial charge in [0.25, 0.3) is 0 Å². The lowest BCUT2D eigenvalue weighted by Gasteiger charge is -2.34. The molecule has 0 aromatic heterocycles. The lowest BCUT2D eigenvalue weighted by atomic mass is 9.72. The number of amides is 2. The summed E-state index contributed by atoms with van der Waals surface area (Å²) in [5, 5.41) is 20.7. The van der Waals surface area contributed by atoms with Gasteiger partial charge in [0.1, 0.15) is 11.6 Å². The number of allylic oxidation sites excluding steroid dienone is 2. The Morgan fingerprint density at radius 1 is 1.05 bits per heavy atom. The Morgan fingerprint density at radius 3 is 2.40 bits per heavy atom. The standard InChI is InChI=1S/C35H45F2N3O3/c1-5-7-11-34(33(43)38-4)20-23(3)14-26(21-34)32(42)40-30(18-25-16-28(36)19-29(37)17-25)31(41)22-39-35(12-13-35)27-10-8-9-24(6-2)15-27/h8-10,14-17,19-20,30-31,39,41H,5-7,11-13,18,21-22H2,1-4H3,(H,38,43)(H,40,42)/t30-,31+,34?/m0/s1. The van der Waals surface area contributed by atoms with Gasteiger partial charge in [0.05, 0.1) is 17.6 Å². The molecule has 4 rings (SSSR count). The van der Waals surface area contributed by atoms with Crippen LogP contribution in [-0.4, -0.2) is 42.7 Å². The van der Waals surface area contributed by atoms with Crippen LogP contribution in [0.1, 0.15) is 76.0 Å². The Kier molecular flexibility index (Phi) is 10.6. The minimum absolute atomic E-state index is 0.0279.